The quantitative estimate of drug-likeness (QED) is 0.443. The first kappa shape index (κ1) is 15.7. The van der Waals surface area contributed by atoms with Crippen LogP contribution in [0.1, 0.15) is 58.3 Å². The van der Waals surface area contributed by atoms with Crippen LogP contribution in [0.4, 0.5) is 0 Å². The Kier molecular flexibility index (Phi) is 19.3. The molecule has 0 aromatic heterocycles. The van der Waals surface area contributed by atoms with Crippen molar-refractivity contribution < 1.29 is 0 Å². The molecule has 0 unspecified atom stereocenters. The highest BCUT2D eigenvalue weighted by atomic mass is 79.9. The second-order valence-corrected chi connectivity index (χ2v) is 4.04. The highest BCUT2D eigenvalue weighted by molar-refractivity contribution is 8.93. The summed E-state index contributed by atoms with van der Waals surface area (Å²) in [5, 5.41) is 0. The first-order valence-electron chi connectivity index (χ1n) is 5.21. The van der Waals surface area contributed by atoms with Crippen LogP contribution in [-0.4, -0.2) is 21.7 Å². The lowest BCUT2D eigenvalue weighted by Gasteiger charge is -1.99. The number of rotatable bonds is 8. The fourth-order valence-corrected chi connectivity index (χ4v) is 1.66. The van der Waals surface area contributed by atoms with Crippen LogP contribution in [0.3, 0.4) is 0 Å². The number of hydrogen-bond donors (Lipinski definition) is 0. The van der Waals surface area contributed by atoms with E-state index in [1.807, 2.05) is 0 Å². The van der Waals surface area contributed by atoms with E-state index in [1.165, 1.54) is 55.9 Å². The molecule has 0 aromatic rings. The zero-order valence-electron chi connectivity index (χ0n) is 8.48. The molecular weight excluding hydrogens is 224 g/mol. The summed E-state index contributed by atoms with van der Waals surface area (Å²) >= 11 is 2.10. The van der Waals surface area contributed by atoms with E-state index in [4.69, 9.17) is 0 Å². The van der Waals surface area contributed by atoms with Gasteiger partial charge in [0.05, 0.1) is 0 Å². The van der Waals surface area contributed by atoms with Crippen molar-refractivity contribution in [3.8, 4) is 0 Å². The van der Waals surface area contributed by atoms with Crippen LogP contribution < -0.4 is 0 Å². The van der Waals surface area contributed by atoms with E-state index in [0.717, 1.165) is 0 Å². The van der Waals surface area contributed by atoms with E-state index < -0.39 is 0 Å². The summed E-state index contributed by atoms with van der Waals surface area (Å²) in [6, 6.07) is 0. The Bertz CT molecular complexity index is 58.9. The predicted molar refractivity (Wildman–Crippen MR) is 63.5 cm³/mol. The molecule has 0 aliphatic rings. The van der Waals surface area contributed by atoms with Crippen molar-refractivity contribution in [2.45, 2.75) is 62.8 Å². The van der Waals surface area contributed by atoms with Crippen LogP contribution >= 0.6 is 17.0 Å². The van der Waals surface area contributed by atoms with Gasteiger partial charge in [0.25, 0.3) is 0 Å². The van der Waals surface area contributed by atoms with Gasteiger partial charge in [0.15, 0.2) is 0 Å². The van der Waals surface area contributed by atoms with E-state index in [9.17, 15) is 0 Å². The summed E-state index contributed by atoms with van der Waals surface area (Å²) in [6.45, 7) is 2.28. The van der Waals surface area contributed by atoms with Gasteiger partial charge in [-0.25, -0.2) is 0 Å². The summed E-state index contributed by atoms with van der Waals surface area (Å²) in [5.74, 6) is 0. The topological polar surface area (TPSA) is 0 Å². The van der Waals surface area contributed by atoms with Gasteiger partial charge in [-0.1, -0.05) is 58.3 Å². The molecule has 0 heterocycles. The largest absolute Gasteiger partial charge is 0.222 e. The molecule has 0 aliphatic heterocycles. The second kappa shape index (κ2) is 14.8. The highest BCUT2D eigenvalue weighted by Gasteiger charge is 1.88. The van der Waals surface area contributed by atoms with E-state index in [2.05, 4.69) is 28.6 Å². The van der Waals surface area contributed by atoms with Crippen LogP contribution in [0.5, 0.6) is 0 Å². The van der Waals surface area contributed by atoms with Crippen molar-refractivity contribution >= 4 is 38.7 Å². The average molecular weight is 246 g/mol. The van der Waals surface area contributed by atoms with Crippen molar-refractivity contribution in [1.82, 2.24) is 0 Å². The summed E-state index contributed by atoms with van der Waals surface area (Å²) in [7, 11) is 0. The van der Waals surface area contributed by atoms with Gasteiger partial charge in [0.1, 0.15) is 0 Å². The van der Waals surface area contributed by atoms with Crippen LogP contribution in [0.2, 0.25) is 4.55 Å². The molecule has 71 valence electrons. The minimum Gasteiger partial charge on any atom is -0.177 e. The third-order valence-electron chi connectivity index (χ3n) is 2.10. The Morgan fingerprint density at radius 1 is 0.750 bits per heavy atom. The smallest absolute Gasteiger partial charge is 0.177 e. The minimum absolute atomic E-state index is 0. The zero-order valence-corrected chi connectivity index (χ0v) is 11.6. The predicted octanol–water partition coefficient (Wildman–Crippen LogP) is 4.29. The van der Waals surface area contributed by atoms with Crippen LogP contribution in [0, 0.1) is 0 Å². The van der Waals surface area contributed by atoms with Crippen molar-refractivity contribution in [3.63, 3.8) is 0 Å². The SMILES string of the molecule is Br.CCCCCCCCC[CH2][Mg]. The standard InChI is InChI=1S/C10H21.BrH.Mg/c1-3-5-7-9-10-8-6-4-2;;/h1,3-10H2,2H3;1H;. The van der Waals surface area contributed by atoms with Gasteiger partial charge in [-0.3, -0.25) is 0 Å². The van der Waals surface area contributed by atoms with Gasteiger partial charge in [-0.05, 0) is 0 Å². The third kappa shape index (κ3) is 13.8. The second-order valence-electron chi connectivity index (χ2n) is 3.33. The maximum Gasteiger partial charge on any atom is 0.222 e. The maximum absolute atomic E-state index is 2.28. The number of unbranched alkanes of at least 4 members (excludes halogenated alkanes) is 7. The molecule has 0 rings (SSSR count). The molecule has 1 radical (unpaired) electrons. The van der Waals surface area contributed by atoms with E-state index in [0.29, 0.717) is 0 Å². The van der Waals surface area contributed by atoms with Crippen molar-refractivity contribution in [2.24, 2.45) is 0 Å². The van der Waals surface area contributed by atoms with E-state index in [-0.39, 0.29) is 17.0 Å². The molecule has 0 nitrogen and oxygen atoms in total. The van der Waals surface area contributed by atoms with Gasteiger partial charge in [0.2, 0.25) is 21.7 Å². The molecule has 0 N–H and O–H groups in total. The Labute approximate surface area is 101 Å². The highest BCUT2D eigenvalue weighted by Crippen LogP contribution is 2.08. The van der Waals surface area contributed by atoms with E-state index >= 15 is 0 Å². The number of halogens is 1. The molecule has 0 amide bonds. The van der Waals surface area contributed by atoms with Gasteiger partial charge >= 0.3 is 0 Å². The lowest BCUT2D eigenvalue weighted by atomic mass is 10.1. The first-order chi connectivity index (χ1) is 5.41. The maximum atomic E-state index is 2.28. The number of hydrogen-bond acceptors (Lipinski definition) is 0. The van der Waals surface area contributed by atoms with Gasteiger partial charge in [0, 0.05) is 0 Å². The van der Waals surface area contributed by atoms with Crippen LogP contribution in [0.25, 0.3) is 0 Å². The summed E-state index contributed by atoms with van der Waals surface area (Å²) in [4.78, 5) is 0. The molecule has 12 heavy (non-hydrogen) atoms. The lowest BCUT2D eigenvalue weighted by molar-refractivity contribution is 0.585. The fraction of sp³-hybridized carbons (Fsp3) is 1.00. The Morgan fingerprint density at radius 2 is 1.17 bits per heavy atom. The van der Waals surface area contributed by atoms with Crippen molar-refractivity contribution in [3.05, 3.63) is 0 Å². The van der Waals surface area contributed by atoms with E-state index in [1.54, 1.807) is 0 Å². The Hall–Kier alpha value is 1.25. The van der Waals surface area contributed by atoms with Gasteiger partial charge < -0.3 is 0 Å². The molecule has 0 bridgehead atoms. The van der Waals surface area contributed by atoms with Crippen molar-refractivity contribution in [2.75, 3.05) is 0 Å². The van der Waals surface area contributed by atoms with Crippen LogP contribution in [0.15, 0.2) is 0 Å². The normalized spacial score (nSPS) is 9.33. The fourth-order valence-electron chi connectivity index (χ4n) is 1.31. The van der Waals surface area contributed by atoms with Crippen molar-refractivity contribution in [1.29, 1.82) is 0 Å². The molecular formula is C10H22BrMg. The van der Waals surface area contributed by atoms with Gasteiger partial charge in [-0.2, -0.15) is 4.55 Å². The zero-order chi connectivity index (χ0) is 8.36. The first-order valence-corrected chi connectivity index (χ1v) is 6.21. The summed E-state index contributed by atoms with van der Waals surface area (Å²) in [6.07, 6.45) is 11.6. The molecule has 0 saturated carbocycles. The molecule has 0 atom stereocenters. The van der Waals surface area contributed by atoms with Gasteiger partial charge in [-0.15, -0.1) is 17.0 Å². The minimum atomic E-state index is 0. The summed E-state index contributed by atoms with van der Waals surface area (Å²) < 4.78 is 1.40. The molecule has 2 heteroatoms. The Balaban J connectivity index is 0. The molecule has 0 saturated heterocycles. The molecule has 0 aliphatic carbocycles. The monoisotopic (exact) mass is 245 g/mol. The lowest BCUT2D eigenvalue weighted by Crippen LogP contribution is -1.79. The third-order valence-corrected chi connectivity index (χ3v) is 2.60. The Morgan fingerprint density at radius 3 is 1.58 bits per heavy atom. The van der Waals surface area contributed by atoms with Crippen LogP contribution in [-0.2, 0) is 0 Å². The summed E-state index contributed by atoms with van der Waals surface area (Å²) in [5.41, 5.74) is 0. The molecule has 0 aromatic carbocycles. The molecule has 0 spiro atoms. The molecule has 0 fully saturated rings. The average Bonchev–Trinajstić information content (AvgIpc) is 2.03.